The molecule has 1 aliphatic heterocycles. The molecule has 2 aromatic carbocycles. The molecule has 3 aromatic rings. The predicted octanol–water partition coefficient (Wildman–Crippen LogP) is 3.49. The lowest BCUT2D eigenvalue weighted by Gasteiger charge is -2.33. The maximum atomic E-state index is 14.0. The number of amides is 1. The standard InChI is InChI=1S/C23H26FN5O3S/c1-14-10-17(28-33(3,4)31)12-19-21(14)22(26-13-25-19)27-18-7-6-16(24)11-20(18)32-15(2)23(30)29-8-5-9-29/h6-7,10-13,15H,3,5,8-9H2,1-2,4H3,(H,28,31)(H,25,26,27)/t15-,33?/m1/s1. The van der Waals surface area contributed by atoms with Gasteiger partial charge in [-0.15, -0.1) is 0 Å². The van der Waals surface area contributed by atoms with Crippen molar-refractivity contribution in [2.24, 2.45) is 0 Å². The van der Waals surface area contributed by atoms with Crippen LogP contribution < -0.4 is 14.8 Å². The van der Waals surface area contributed by atoms with Crippen LogP contribution in [0.1, 0.15) is 18.9 Å². The Morgan fingerprint density at radius 2 is 2.03 bits per heavy atom. The van der Waals surface area contributed by atoms with Crippen molar-refractivity contribution >= 4 is 49.6 Å². The van der Waals surface area contributed by atoms with Crippen molar-refractivity contribution in [3.05, 3.63) is 48.0 Å². The molecule has 1 amide bonds. The van der Waals surface area contributed by atoms with Crippen LogP contribution in [0.2, 0.25) is 0 Å². The number of hydrogen-bond acceptors (Lipinski definition) is 6. The molecule has 0 saturated carbocycles. The van der Waals surface area contributed by atoms with Gasteiger partial charge < -0.3 is 19.7 Å². The minimum atomic E-state index is -2.45. The zero-order valence-corrected chi connectivity index (χ0v) is 19.5. The van der Waals surface area contributed by atoms with Crippen LogP contribution in [0.3, 0.4) is 0 Å². The fourth-order valence-corrected chi connectivity index (χ4v) is 4.27. The smallest absolute Gasteiger partial charge is 0.263 e. The van der Waals surface area contributed by atoms with Crippen LogP contribution in [0, 0.1) is 12.7 Å². The van der Waals surface area contributed by atoms with Gasteiger partial charge in [-0.05, 0) is 56.0 Å². The highest BCUT2D eigenvalue weighted by molar-refractivity contribution is 8.00. The zero-order valence-electron chi connectivity index (χ0n) is 18.7. The predicted molar refractivity (Wildman–Crippen MR) is 130 cm³/mol. The first-order valence-corrected chi connectivity index (χ1v) is 12.6. The van der Waals surface area contributed by atoms with Gasteiger partial charge in [-0.25, -0.2) is 18.6 Å². The molecule has 4 rings (SSSR count). The Bertz CT molecular complexity index is 1330. The van der Waals surface area contributed by atoms with E-state index in [-0.39, 0.29) is 11.7 Å². The summed E-state index contributed by atoms with van der Waals surface area (Å²) >= 11 is 0. The monoisotopic (exact) mass is 471 g/mol. The van der Waals surface area contributed by atoms with E-state index >= 15 is 0 Å². The van der Waals surface area contributed by atoms with Gasteiger partial charge in [0.2, 0.25) is 0 Å². The van der Waals surface area contributed by atoms with E-state index in [9.17, 15) is 13.4 Å². The Morgan fingerprint density at radius 1 is 1.27 bits per heavy atom. The zero-order chi connectivity index (χ0) is 23.8. The number of anilines is 3. The van der Waals surface area contributed by atoms with Gasteiger partial charge in [0, 0.05) is 46.2 Å². The van der Waals surface area contributed by atoms with Crippen LogP contribution >= 0.6 is 0 Å². The molecular formula is C23H26FN5O3S. The molecule has 0 spiro atoms. The van der Waals surface area contributed by atoms with Crippen molar-refractivity contribution in [1.29, 1.82) is 0 Å². The molecule has 174 valence electrons. The summed E-state index contributed by atoms with van der Waals surface area (Å²) < 4.78 is 34.8. The average molecular weight is 472 g/mol. The minimum Gasteiger partial charge on any atom is -0.479 e. The lowest BCUT2D eigenvalue weighted by Crippen LogP contribution is -2.48. The number of nitrogens with zero attached hydrogens (tertiary/aromatic N) is 3. The van der Waals surface area contributed by atoms with Crippen LogP contribution in [0.5, 0.6) is 5.75 Å². The molecule has 33 heavy (non-hydrogen) atoms. The third-order valence-corrected chi connectivity index (χ3v) is 5.95. The van der Waals surface area contributed by atoms with Crippen LogP contribution in [-0.2, 0) is 14.5 Å². The van der Waals surface area contributed by atoms with Crippen molar-refractivity contribution in [2.75, 3.05) is 29.4 Å². The van der Waals surface area contributed by atoms with Gasteiger partial charge in [0.25, 0.3) is 5.91 Å². The maximum Gasteiger partial charge on any atom is 0.263 e. The van der Waals surface area contributed by atoms with Crippen molar-refractivity contribution in [2.45, 2.75) is 26.4 Å². The molecule has 0 radical (unpaired) electrons. The fraction of sp³-hybridized carbons (Fsp3) is 0.304. The number of ether oxygens (including phenoxy) is 1. The maximum absolute atomic E-state index is 14.0. The first-order valence-electron chi connectivity index (χ1n) is 10.5. The number of carbonyl (C=O) groups is 1. The van der Waals surface area contributed by atoms with E-state index in [2.05, 4.69) is 25.9 Å². The Kier molecular flexibility index (Phi) is 6.11. The highest BCUT2D eigenvalue weighted by Crippen LogP contribution is 2.33. The van der Waals surface area contributed by atoms with Gasteiger partial charge in [0.1, 0.15) is 23.7 Å². The first kappa shape index (κ1) is 22.8. The van der Waals surface area contributed by atoms with Gasteiger partial charge in [0.05, 0.1) is 11.2 Å². The van der Waals surface area contributed by atoms with Gasteiger partial charge >= 0.3 is 0 Å². The fourth-order valence-electron chi connectivity index (χ4n) is 3.65. The molecule has 1 aromatic heterocycles. The molecule has 1 fully saturated rings. The molecule has 1 aliphatic rings. The van der Waals surface area contributed by atoms with E-state index in [1.807, 2.05) is 13.0 Å². The van der Waals surface area contributed by atoms with Crippen LogP contribution in [0.4, 0.5) is 21.6 Å². The van der Waals surface area contributed by atoms with E-state index in [0.29, 0.717) is 35.8 Å². The topological polar surface area (TPSA) is 96.5 Å². The molecular weight excluding hydrogens is 445 g/mol. The normalized spacial score (nSPS) is 15.9. The Labute approximate surface area is 192 Å². The van der Waals surface area contributed by atoms with Gasteiger partial charge in [-0.2, -0.15) is 0 Å². The SMILES string of the molecule is C=S(C)(=O)Nc1cc(C)c2c(Nc3ccc(F)cc3O[C@H](C)C(=O)N3CCC3)ncnc2c1. The summed E-state index contributed by atoms with van der Waals surface area (Å²) in [7, 11) is -2.45. The quantitative estimate of drug-likeness (QED) is 0.512. The second kappa shape index (κ2) is 8.86. The second-order valence-electron chi connectivity index (χ2n) is 8.22. The molecule has 2 atom stereocenters. The summed E-state index contributed by atoms with van der Waals surface area (Å²) in [4.78, 5) is 22.9. The summed E-state index contributed by atoms with van der Waals surface area (Å²) in [5.74, 6) is 3.72. The number of benzene rings is 2. The number of rotatable bonds is 7. The van der Waals surface area contributed by atoms with E-state index in [0.717, 1.165) is 17.4 Å². The molecule has 2 N–H and O–H groups in total. The summed E-state index contributed by atoms with van der Waals surface area (Å²) in [6, 6.07) is 7.69. The average Bonchev–Trinajstić information content (AvgIpc) is 2.67. The van der Waals surface area contributed by atoms with Gasteiger partial charge in [0.15, 0.2) is 6.10 Å². The molecule has 2 heterocycles. The molecule has 1 unspecified atom stereocenters. The van der Waals surface area contributed by atoms with Crippen molar-refractivity contribution < 1.29 is 18.1 Å². The number of carbonyl (C=O) groups excluding carboxylic acids is 1. The molecule has 10 heteroatoms. The molecule has 0 bridgehead atoms. The summed E-state index contributed by atoms with van der Waals surface area (Å²) in [5.41, 5.74) is 2.57. The summed E-state index contributed by atoms with van der Waals surface area (Å²) in [5, 5.41) is 3.94. The third-order valence-electron chi connectivity index (χ3n) is 5.28. The van der Waals surface area contributed by atoms with Crippen molar-refractivity contribution in [3.63, 3.8) is 0 Å². The number of aryl methyl sites for hydroxylation is 1. The Balaban J connectivity index is 1.66. The van der Waals surface area contributed by atoms with E-state index < -0.39 is 21.6 Å². The minimum absolute atomic E-state index is 0.127. The molecule has 1 saturated heterocycles. The van der Waals surface area contributed by atoms with Gasteiger partial charge in [-0.3, -0.25) is 4.79 Å². The second-order valence-corrected chi connectivity index (χ2v) is 10.4. The van der Waals surface area contributed by atoms with E-state index in [4.69, 9.17) is 4.74 Å². The highest BCUT2D eigenvalue weighted by Gasteiger charge is 2.27. The van der Waals surface area contributed by atoms with Crippen molar-refractivity contribution in [1.82, 2.24) is 14.9 Å². The van der Waals surface area contributed by atoms with Crippen molar-refractivity contribution in [3.8, 4) is 5.75 Å². The summed E-state index contributed by atoms with van der Waals surface area (Å²) in [6.45, 7) is 4.97. The lowest BCUT2D eigenvalue weighted by molar-refractivity contribution is -0.141. The number of fused-ring (bicyclic) bond motifs is 1. The third kappa shape index (κ3) is 5.16. The highest BCUT2D eigenvalue weighted by atomic mass is 32.2. The van der Waals surface area contributed by atoms with Gasteiger partial charge in [-0.1, -0.05) is 0 Å². The Morgan fingerprint density at radius 3 is 2.70 bits per heavy atom. The number of halogens is 1. The molecule has 0 aliphatic carbocycles. The van der Waals surface area contributed by atoms with Crippen LogP contribution in [-0.4, -0.2) is 56.3 Å². The van der Waals surface area contributed by atoms with E-state index in [1.165, 1.54) is 24.7 Å². The van der Waals surface area contributed by atoms with E-state index in [1.54, 1.807) is 24.0 Å². The number of hydrogen-bond donors (Lipinski definition) is 2. The lowest BCUT2D eigenvalue weighted by atomic mass is 10.1. The number of aromatic nitrogens is 2. The Hall–Kier alpha value is -3.40. The number of nitrogens with one attached hydrogen (secondary N) is 2. The molecule has 8 nitrogen and oxygen atoms in total. The first-order chi connectivity index (χ1) is 15.6. The summed E-state index contributed by atoms with van der Waals surface area (Å²) in [6.07, 6.45) is 3.15. The number of likely N-dealkylation sites (tertiary alicyclic amines) is 1. The van der Waals surface area contributed by atoms with Crippen LogP contribution in [0.25, 0.3) is 10.9 Å². The largest absolute Gasteiger partial charge is 0.479 e. The van der Waals surface area contributed by atoms with Crippen LogP contribution in [0.15, 0.2) is 36.7 Å².